The van der Waals surface area contributed by atoms with Crippen LogP contribution in [0.4, 0.5) is 0 Å². The van der Waals surface area contributed by atoms with Crippen molar-refractivity contribution in [1.29, 1.82) is 0 Å². The minimum atomic E-state index is 0.290. The zero-order valence-corrected chi connectivity index (χ0v) is 9.91. The van der Waals surface area contributed by atoms with Crippen LogP contribution in [0.3, 0.4) is 0 Å². The van der Waals surface area contributed by atoms with Crippen molar-refractivity contribution in [3.8, 4) is 0 Å². The van der Waals surface area contributed by atoms with Gasteiger partial charge in [-0.1, -0.05) is 31.5 Å². The highest BCUT2D eigenvalue weighted by Crippen LogP contribution is 2.22. The van der Waals surface area contributed by atoms with Crippen LogP contribution in [0, 0.1) is 3.57 Å². The molecule has 0 bridgehead atoms. The first-order valence-electron chi connectivity index (χ1n) is 4.50. The molecule has 0 fully saturated rings. The lowest BCUT2D eigenvalue weighted by atomic mass is 10.0. The van der Waals surface area contributed by atoms with E-state index in [1.54, 1.807) is 0 Å². The van der Waals surface area contributed by atoms with Crippen molar-refractivity contribution in [1.82, 2.24) is 5.43 Å². The van der Waals surface area contributed by atoms with Gasteiger partial charge in [0.25, 0.3) is 0 Å². The maximum absolute atomic E-state index is 5.51. The van der Waals surface area contributed by atoms with Gasteiger partial charge in [-0.15, -0.1) is 0 Å². The lowest BCUT2D eigenvalue weighted by Gasteiger charge is -2.16. The molecule has 1 aromatic rings. The van der Waals surface area contributed by atoms with E-state index in [9.17, 15) is 0 Å². The van der Waals surface area contributed by atoms with Gasteiger partial charge in [-0.3, -0.25) is 11.3 Å². The van der Waals surface area contributed by atoms with Gasteiger partial charge in [0, 0.05) is 9.61 Å². The molecule has 13 heavy (non-hydrogen) atoms. The Hall–Kier alpha value is -0.130. The molecule has 1 unspecified atom stereocenters. The predicted molar refractivity (Wildman–Crippen MR) is 64.1 cm³/mol. The van der Waals surface area contributed by atoms with Crippen LogP contribution < -0.4 is 11.3 Å². The predicted octanol–water partition coefficient (Wildman–Crippen LogP) is 2.60. The normalized spacial score (nSPS) is 12.8. The molecule has 0 aromatic heterocycles. The van der Waals surface area contributed by atoms with Gasteiger partial charge >= 0.3 is 0 Å². The molecule has 0 spiro atoms. The maximum Gasteiger partial charge on any atom is 0.0470 e. The third-order valence-electron chi connectivity index (χ3n) is 2.06. The average molecular weight is 290 g/mol. The SMILES string of the molecule is CCCC(NN)c1ccccc1I. The van der Waals surface area contributed by atoms with Crippen LogP contribution in [0.5, 0.6) is 0 Å². The molecule has 1 aromatic carbocycles. The fourth-order valence-electron chi connectivity index (χ4n) is 1.37. The van der Waals surface area contributed by atoms with Crippen molar-refractivity contribution in [2.24, 2.45) is 5.84 Å². The van der Waals surface area contributed by atoms with Crippen LogP contribution in [0.15, 0.2) is 24.3 Å². The van der Waals surface area contributed by atoms with E-state index in [1.165, 1.54) is 9.13 Å². The van der Waals surface area contributed by atoms with Gasteiger partial charge in [-0.05, 0) is 40.6 Å². The lowest BCUT2D eigenvalue weighted by Crippen LogP contribution is -2.28. The van der Waals surface area contributed by atoms with E-state index in [0.717, 1.165) is 12.8 Å². The lowest BCUT2D eigenvalue weighted by molar-refractivity contribution is 0.508. The number of rotatable bonds is 4. The first kappa shape index (κ1) is 10.9. The first-order valence-corrected chi connectivity index (χ1v) is 5.58. The molecule has 0 aliphatic rings. The molecule has 0 heterocycles. The second-order valence-electron chi connectivity index (χ2n) is 3.03. The van der Waals surface area contributed by atoms with Crippen LogP contribution in [0.25, 0.3) is 0 Å². The van der Waals surface area contributed by atoms with Crippen molar-refractivity contribution in [2.75, 3.05) is 0 Å². The number of hydrogen-bond acceptors (Lipinski definition) is 2. The number of nitrogens with one attached hydrogen (secondary N) is 1. The Morgan fingerprint density at radius 1 is 1.46 bits per heavy atom. The molecule has 72 valence electrons. The summed E-state index contributed by atoms with van der Waals surface area (Å²) in [6, 6.07) is 8.62. The van der Waals surface area contributed by atoms with E-state index in [1.807, 2.05) is 6.07 Å². The minimum Gasteiger partial charge on any atom is -0.271 e. The van der Waals surface area contributed by atoms with Crippen molar-refractivity contribution < 1.29 is 0 Å². The average Bonchev–Trinajstić information content (AvgIpc) is 2.16. The number of hydrazine groups is 1. The number of halogens is 1. The Balaban J connectivity index is 2.84. The Labute approximate surface area is 93.0 Å². The smallest absolute Gasteiger partial charge is 0.0470 e. The molecule has 0 saturated carbocycles. The zero-order valence-electron chi connectivity index (χ0n) is 7.76. The van der Waals surface area contributed by atoms with Crippen LogP contribution in [0.1, 0.15) is 31.4 Å². The molecule has 1 rings (SSSR count). The summed E-state index contributed by atoms with van der Waals surface area (Å²) in [5.74, 6) is 5.51. The van der Waals surface area contributed by atoms with Gasteiger partial charge in [0.15, 0.2) is 0 Å². The Kier molecular flexibility index (Phi) is 4.69. The summed E-state index contributed by atoms with van der Waals surface area (Å²) < 4.78 is 1.27. The van der Waals surface area contributed by atoms with Gasteiger partial charge in [0.2, 0.25) is 0 Å². The maximum atomic E-state index is 5.51. The minimum absolute atomic E-state index is 0.290. The van der Waals surface area contributed by atoms with Gasteiger partial charge in [-0.25, -0.2) is 0 Å². The quantitative estimate of drug-likeness (QED) is 0.508. The topological polar surface area (TPSA) is 38.0 Å². The summed E-state index contributed by atoms with van der Waals surface area (Å²) >= 11 is 2.34. The molecular weight excluding hydrogens is 275 g/mol. The van der Waals surface area contributed by atoms with E-state index in [0.29, 0.717) is 0 Å². The summed E-state index contributed by atoms with van der Waals surface area (Å²) in [5.41, 5.74) is 4.15. The van der Waals surface area contributed by atoms with Crippen LogP contribution in [0.2, 0.25) is 0 Å². The molecule has 0 radical (unpaired) electrons. The van der Waals surface area contributed by atoms with E-state index in [4.69, 9.17) is 5.84 Å². The van der Waals surface area contributed by atoms with E-state index in [2.05, 4.69) is 53.1 Å². The number of benzene rings is 1. The van der Waals surface area contributed by atoms with E-state index in [-0.39, 0.29) is 6.04 Å². The van der Waals surface area contributed by atoms with Crippen LogP contribution >= 0.6 is 22.6 Å². The van der Waals surface area contributed by atoms with Crippen LogP contribution in [-0.4, -0.2) is 0 Å². The second kappa shape index (κ2) is 5.57. The fraction of sp³-hybridized carbons (Fsp3) is 0.400. The molecule has 0 aliphatic heterocycles. The third kappa shape index (κ3) is 2.93. The highest BCUT2D eigenvalue weighted by molar-refractivity contribution is 14.1. The Bertz CT molecular complexity index is 263. The van der Waals surface area contributed by atoms with Crippen molar-refractivity contribution in [2.45, 2.75) is 25.8 Å². The van der Waals surface area contributed by atoms with Gasteiger partial charge in [-0.2, -0.15) is 0 Å². The van der Waals surface area contributed by atoms with Crippen molar-refractivity contribution in [3.05, 3.63) is 33.4 Å². The van der Waals surface area contributed by atoms with Crippen LogP contribution in [-0.2, 0) is 0 Å². The summed E-state index contributed by atoms with van der Waals surface area (Å²) in [6.45, 7) is 2.17. The summed E-state index contributed by atoms with van der Waals surface area (Å²) in [7, 11) is 0. The highest BCUT2D eigenvalue weighted by atomic mass is 127. The highest BCUT2D eigenvalue weighted by Gasteiger charge is 2.10. The largest absolute Gasteiger partial charge is 0.271 e. The number of nitrogens with two attached hydrogens (primary N) is 1. The standard InChI is InChI=1S/C10H15IN2/c1-2-5-10(13-12)8-6-3-4-7-9(8)11/h3-4,6-7,10,13H,2,5,12H2,1H3. The molecule has 3 heteroatoms. The zero-order chi connectivity index (χ0) is 9.68. The van der Waals surface area contributed by atoms with E-state index >= 15 is 0 Å². The third-order valence-corrected chi connectivity index (χ3v) is 3.04. The number of hydrogen-bond donors (Lipinski definition) is 2. The molecule has 0 saturated heterocycles. The molecule has 0 aliphatic carbocycles. The fourth-order valence-corrected chi connectivity index (χ4v) is 2.14. The van der Waals surface area contributed by atoms with Gasteiger partial charge in [0.05, 0.1) is 0 Å². The van der Waals surface area contributed by atoms with Crippen molar-refractivity contribution >= 4 is 22.6 Å². The van der Waals surface area contributed by atoms with Gasteiger partial charge in [0.1, 0.15) is 0 Å². The monoisotopic (exact) mass is 290 g/mol. The second-order valence-corrected chi connectivity index (χ2v) is 4.19. The molecule has 2 nitrogen and oxygen atoms in total. The molecule has 1 atom stereocenters. The van der Waals surface area contributed by atoms with Gasteiger partial charge < -0.3 is 0 Å². The van der Waals surface area contributed by atoms with Crippen molar-refractivity contribution in [3.63, 3.8) is 0 Å². The summed E-state index contributed by atoms with van der Waals surface area (Å²) in [4.78, 5) is 0. The van der Waals surface area contributed by atoms with E-state index < -0.39 is 0 Å². The Morgan fingerprint density at radius 2 is 2.15 bits per heavy atom. The molecule has 0 amide bonds. The Morgan fingerprint density at radius 3 is 2.69 bits per heavy atom. The summed E-state index contributed by atoms with van der Waals surface area (Å²) in [6.07, 6.45) is 2.22. The molecular formula is C10H15IN2. The molecule has 3 N–H and O–H groups in total. The summed E-state index contributed by atoms with van der Waals surface area (Å²) in [5, 5.41) is 0. The first-order chi connectivity index (χ1) is 6.29.